The fourth-order valence-electron chi connectivity index (χ4n) is 2.92. The summed E-state index contributed by atoms with van der Waals surface area (Å²) in [6.45, 7) is 1.92. The van der Waals surface area contributed by atoms with E-state index in [0.29, 0.717) is 12.1 Å². The number of hydrogen-bond donors (Lipinski definition) is 1. The molecule has 3 rings (SSSR count). The first-order valence-corrected chi connectivity index (χ1v) is 10.8. The molecule has 0 heterocycles. The van der Waals surface area contributed by atoms with Gasteiger partial charge in [-0.3, -0.25) is 4.79 Å². The van der Waals surface area contributed by atoms with E-state index in [1.807, 2.05) is 49.4 Å². The molecule has 0 unspecified atom stereocenters. The molecule has 0 aromatic heterocycles. The maximum atomic E-state index is 13.1. The van der Waals surface area contributed by atoms with Crippen LogP contribution in [0.1, 0.15) is 11.1 Å². The molecule has 0 atom stereocenters. The lowest BCUT2D eigenvalue weighted by Gasteiger charge is -2.22. The van der Waals surface area contributed by atoms with Crippen molar-refractivity contribution < 1.29 is 13.2 Å². The molecule has 0 aliphatic carbocycles. The highest BCUT2D eigenvalue weighted by molar-refractivity contribution is 7.89. The number of hydrogen-bond acceptors (Lipinski definition) is 3. The van der Waals surface area contributed by atoms with Gasteiger partial charge in [-0.05, 0) is 43.2 Å². The van der Waals surface area contributed by atoms with E-state index in [2.05, 4.69) is 5.32 Å². The van der Waals surface area contributed by atoms with E-state index in [4.69, 9.17) is 0 Å². The lowest BCUT2D eigenvalue weighted by Crippen LogP contribution is -2.39. The number of amides is 1. The van der Waals surface area contributed by atoms with Crippen molar-refractivity contribution in [2.24, 2.45) is 0 Å². The van der Waals surface area contributed by atoms with Crippen molar-refractivity contribution in [2.45, 2.75) is 18.2 Å². The Morgan fingerprint density at radius 1 is 0.862 bits per heavy atom. The van der Waals surface area contributed by atoms with E-state index >= 15 is 0 Å². The van der Waals surface area contributed by atoms with E-state index < -0.39 is 10.0 Å². The monoisotopic (exact) mass is 408 g/mol. The number of carbonyl (C=O) groups excluding carboxylic acids is 1. The van der Waals surface area contributed by atoms with E-state index in [1.165, 1.54) is 4.31 Å². The highest BCUT2D eigenvalue weighted by Crippen LogP contribution is 2.17. The lowest BCUT2D eigenvalue weighted by atomic mass is 10.1. The third-order valence-corrected chi connectivity index (χ3v) is 6.39. The zero-order chi connectivity index (χ0) is 20.7. The van der Waals surface area contributed by atoms with Crippen LogP contribution >= 0.6 is 0 Å². The molecule has 6 heteroatoms. The van der Waals surface area contributed by atoms with Gasteiger partial charge in [0.1, 0.15) is 0 Å². The van der Waals surface area contributed by atoms with Gasteiger partial charge in [0.25, 0.3) is 0 Å². The first-order valence-electron chi connectivity index (χ1n) is 9.41. The molecule has 0 aliphatic rings. The summed E-state index contributed by atoms with van der Waals surface area (Å²) in [4.78, 5) is 12.8. The molecule has 3 aromatic rings. The van der Waals surface area contributed by atoms with Crippen LogP contribution < -0.4 is 5.32 Å². The Bertz CT molecular complexity index is 1030. The van der Waals surface area contributed by atoms with Crippen molar-refractivity contribution in [3.05, 3.63) is 96.1 Å². The Morgan fingerprint density at radius 3 is 2.07 bits per heavy atom. The van der Waals surface area contributed by atoms with Crippen molar-refractivity contribution in [1.29, 1.82) is 0 Å². The quantitative estimate of drug-likeness (QED) is 0.615. The minimum Gasteiger partial charge on any atom is -0.325 e. The fourth-order valence-corrected chi connectivity index (χ4v) is 4.34. The van der Waals surface area contributed by atoms with Gasteiger partial charge in [-0.25, -0.2) is 8.42 Å². The van der Waals surface area contributed by atoms with E-state index in [0.717, 1.165) is 11.1 Å². The molecular weight excluding hydrogens is 384 g/mol. The Labute approximate surface area is 172 Å². The second kappa shape index (κ2) is 9.49. The minimum absolute atomic E-state index is 0.177. The normalized spacial score (nSPS) is 11.4. The Kier molecular flexibility index (Phi) is 6.80. The molecule has 1 amide bonds. The van der Waals surface area contributed by atoms with Gasteiger partial charge in [0, 0.05) is 12.2 Å². The molecule has 0 radical (unpaired) electrons. The molecule has 0 saturated heterocycles. The number of benzene rings is 3. The van der Waals surface area contributed by atoms with Crippen molar-refractivity contribution in [1.82, 2.24) is 4.31 Å². The maximum absolute atomic E-state index is 13.1. The summed E-state index contributed by atoms with van der Waals surface area (Å²) in [7, 11) is -3.79. The fraction of sp³-hybridized carbons (Fsp3) is 0.174. The van der Waals surface area contributed by atoms with E-state index in [9.17, 15) is 13.2 Å². The van der Waals surface area contributed by atoms with Crippen LogP contribution in [0, 0.1) is 6.92 Å². The smallest absolute Gasteiger partial charge is 0.243 e. The van der Waals surface area contributed by atoms with Crippen molar-refractivity contribution in [2.75, 3.05) is 18.4 Å². The summed E-state index contributed by atoms with van der Waals surface area (Å²) in [6.07, 6.45) is 0.519. The molecule has 5 nitrogen and oxygen atoms in total. The van der Waals surface area contributed by atoms with Crippen LogP contribution in [-0.4, -0.2) is 31.7 Å². The highest BCUT2D eigenvalue weighted by Gasteiger charge is 2.26. The molecule has 0 saturated carbocycles. The summed E-state index contributed by atoms with van der Waals surface area (Å²) in [5, 5.41) is 2.78. The van der Waals surface area contributed by atoms with Crippen LogP contribution in [0.15, 0.2) is 89.8 Å². The molecule has 3 aromatic carbocycles. The van der Waals surface area contributed by atoms with Gasteiger partial charge in [-0.15, -0.1) is 0 Å². The van der Waals surface area contributed by atoms with Crippen molar-refractivity contribution >= 4 is 21.6 Å². The second-order valence-corrected chi connectivity index (χ2v) is 8.74. The first-order chi connectivity index (χ1) is 13.9. The number of nitrogens with zero attached hydrogens (tertiary/aromatic N) is 1. The predicted molar refractivity (Wildman–Crippen MR) is 115 cm³/mol. The molecule has 1 N–H and O–H groups in total. The van der Waals surface area contributed by atoms with Gasteiger partial charge in [-0.2, -0.15) is 4.31 Å². The van der Waals surface area contributed by atoms with Crippen molar-refractivity contribution in [3.8, 4) is 0 Å². The largest absolute Gasteiger partial charge is 0.325 e. The molecule has 0 spiro atoms. The third-order valence-electron chi connectivity index (χ3n) is 4.53. The van der Waals surface area contributed by atoms with E-state index in [-0.39, 0.29) is 23.9 Å². The Morgan fingerprint density at radius 2 is 1.45 bits per heavy atom. The van der Waals surface area contributed by atoms with Crippen LogP contribution in [0.2, 0.25) is 0 Å². The SMILES string of the molecule is Cc1ccc(NC(=O)CN(CCc2ccccc2)S(=O)(=O)c2ccccc2)cc1. The lowest BCUT2D eigenvalue weighted by molar-refractivity contribution is -0.116. The molecule has 0 aliphatic heterocycles. The number of aryl methyl sites for hydroxylation is 1. The number of anilines is 1. The number of rotatable bonds is 8. The van der Waals surface area contributed by atoms with Gasteiger partial charge in [0.05, 0.1) is 11.4 Å². The average molecular weight is 409 g/mol. The second-order valence-electron chi connectivity index (χ2n) is 6.80. The molecule has 0 bridgehead atoms. The summed E-state index contributed by atoms with van der Waals surface area (Å²) in [5.41, 5.74) is 2.74. The number of sulfonamides is 1. The average Bonchev–Trinajstić information content (AvgIpc) is 2.74. The third kappa shape index (κ3) is 5.76. The summed E-state index contributed by atoms with van der Waals surface area (Å²) in [6, 6.07) is 25.2. The maximum Gasteiger partial charge on any atom is 0.243 e. The van der Waals surface area contributed by atoms with Crippen LogP contribution in [0.25, 0.3) is 0 Å². The zero-order valence-corrected chi connectivity index (χ0v) is 17.1. The highest BCUT2D eigenvalue weighted by atomic mass is 32.2. The van der Waals surface area contributed by atoms with Crippen LogP contribution in [0.3, 0.4) is 0 Å². The molecule has 150 valence electrons. The standard InChI is InChI=1S/C23H24N2O3S/c1-19-12-14-21(15-13-19)24-23(26)18-25(17-16-20-8-4-2-5-9-20)29(27,28)22-10-6-3-7-11-22/h2-15H,16-18H2,1H3,(H,24,26). The van der Waals surface area contributed by atoms with Crippen LogP contribution in [0.5, 0.6) is 0 Å². The minimum atomic E-state index is -3.79. The number of carbonyl (C=O) groups is 1. The summed E-state index contributed by atoms with van der Waals surface area (Å²) >= 11 is 0. The first kappa shape index (κ1) is 20.8. The van der Waals surface area contributed by atoms with Gasteiger partial charge < -0.3 is 5.32 Å². The molecule has 0 fully saturated rings. The number of nitrogens with one attached hydrogen (secondary N) is 1. The van der Waals surface area contributed by atoms with Gasteiger partial charge in [0.15, 0.2) is 0 Å². The van der Waals surface area contributed by atoms with Crippen LogP contribution in [-0.2, 0) is 21.2 Å². The van der Waals surface area contributed by atoms with Gasteiger partial charge in [0.2, 0.25) is 15.9 Å². The summed E-state index contributed by atoms with van der Waals surface area (Å²) < 4.78 is 27.5. The summed E-state index contributed by atoms with van der Waals surface area (Å²) in [5.74, 6) is -0.374. The van der Waals surface area contributed by atoms with Crippen LogP contribution in [0.4, 0.5) is 5.69 Å². The van der Waals surface area contributed by atoms with Gasteiger partial charge in [-0.1, -0.05) is 66.2 Å². The van der Waals surface area contributed by atoms with Crippen molar-refractivity contribution in [3.63, 3.8) is 0 Å². The predicted octanol–water partition coefficient (Wildman–Crippen LogP) is 3.87. The zero-order valence-electron chi connectivity index (χ0n) is 16.3. The Balaban J connectivity index is 1.78. The molecular formula is C23H24N2O3S. The topological polar surface area (TPSA) is 66.5 Å². The van der Waals surface area contributed by atoms with E-state index in [1.54, 1.807) is 42.5 Å². The molecule has 29 heavy (non-hydrogen) atoms. The van der Waals surface area contributed by atoms with Gasteiger partial charge >= 0.3 is 0 Å². The Hall–Kier alpha value is -2.96.